The minimum atomic E-state index is -0.0795. The number of nitrogens with zero attached hydrogens (tertiary/aromatic N) is 3. The normalized spacial score (nSPS) is 13.7. The molecule has 1 aliphatic rings. The van der Waals surface area contributed by atoms with Gasteiger partial charge in [0.1, 0.15) is 0 Å². The van der Waals surface area contributed by atoms with Crippen LogP contribution in [0.5, 0.6) is 0 Å². The second kappa shape index (κ2) is 4.20. The van der Waals surface area contributed by atoms with Gasteiger partial charge in [0.25, 0.3) is 0 Å². The summed E-state index contributed by atoms with van der Waals surface area (Å²) in [6.07, 6.45) is 5.01. The topological polar surface area (TPSA) is 59.8 Å². The number of hydrogen-bond acceptors (Lipinski definition) is 4. The highest BCUT2D eigenvalue weighted by Gasteiger charge is 2.22. The molecule has 5 nitrogen and oxygen atoms in total. The molecule has 2 aromatic rings. The molecule has 3 rings (SSSR count). The minimum Gasteiger partial charge on any atom is -0.302 e. The van der Waals surface area contributed by atoms with E-state index in [9.17, 15) is 4.79 Å². The van der Waals surface area contributed by atoms with Crippen molar-refractivity contribution in [1.29, 1.82) is 0 Å². The lowest BCUT2D eigenvalue weighted by atomic mass is 10.1. The van der Waals surface area contributed by atoms with Gasteiger partial charge in [0, 0.05) is 14.0 Å². The first-order valence-electron chi connectivity index (χ1n) is 5.93. The fourth-order valence-electron chi connectivity index (χ4n) is 2.32. The van der Waals surface area contributed by atoms with Gasteiger partial charge < -0.3 is 5.32 Å². The fourth-order valence-corrected chi connectivity index (χ4v) is 3.48. The maximum Gasteiger partial charge on any atom is 0.223 e. The lowest BCUT2D eigenvalue weighted by molar-refractivity contribution is -0.114. The Hall–Kier alpha value is -1.69. The molecule has 0 aliphatic heterocycles. The summed E-state index contributed by atoms with van der Waals surface area (Å²) in [6, 6.07) is 0. The zero-order valence-electron chi connectivity index (χ0n) is 10.4. The summed E-state index contributed by atoms with van der Waals surface area (Å²) in [5.41, 5.74) is 3.50. The van der Waals surface area contributed by atoms with Crippen LogP contribution in [0.4, 0.5) is 5.13 Å². The van der Waals surface area contributed by atoms with Crippen molar-refractivity contribution >= 4 is 22.4 Å². The molecule has 0 atom stereocenters. The fraction of sp³-hybridized carbons (Fsp3) is 0.417. The Kier molecular flexibility index (Phi) is 2.66. The van der Waals surface area contributed by atoms with Gasteiger partial charge in [-0.15, -0.1) is 0 Å². The van der Waals surface area contributed by atoms with Gasteiger partial charge in [-0.25, -0.2) is 4.98 Å². The van der Waals surface area contributed by atoms with Crippen LogP contribution in [0, 0.1) is 0 Å². The van der Waals surface area contributed by atoms with Crippen LogP contribution in [0.2, 0.25) is 0 Å². The van der Waals surface area contributed by atoms with Gasteiger partial charge in [-0.3, -0.25) is 9.48 Å². The molecule has 2 heterocycles. The number of aromatic nitrogens is 3. The van der Waals surface area contributed by atoms with Crippen LogP contribution in [-0.2, 0) is 24.7 Å². The number of nitrogens with one attached hydrogen (secondary N) is 1. The van der Waals surface area contributed by atoms with E-state index in [-0.39, 0.29) is 5.91 Å². The van der Waals surface area contributed by atoms with Gasteiger partial charge in [0.05, 0.1) is 22.5 Å². The number of amides is 1. The third-order valence-corrected chi connectivity index (χ3v) is 4.09. The SMILES string of the molecule is CC(=O)Nc1nc2c(s1)-c1c(cnn1C)CCC2. The molecule has 0 aromatic carbocycles. The monoisotopic (exact) mass is 262 g/mol. The van der Waals surface area contributed by atoms with Crippen LogP contribution in [0.15, 0.2) is 6.20 Å². The Balaban J connectivity index is 2.11. The van der Waals surface area contributed by atoms with E-state index in [0.717, 1.165) is 35.5 Å². The number of thiazole rings is 1. The standard InChI is InChI=1S/C12H14N4OS/c1-7(17)14-12-15-9-5-3-4-8-6-13-16(2)10(8)11(9)18-12/h6H,3-5H2,1-2H3,(H,14,15,17). The predicted molar refractivity (Wildman–Crippen MR) is 70.6 cm³/mol. The number of hydrogen-bond donors (Lipinski definition) is 1. The molecule has 0 radical (unpaired) electrons. The van der Waals surface area contributed by atoms with E-state index in [4.69, 9.17) is 0 Å². The van der Waals surface area contributed by atoms with Gasteiger partial charge in [-0.2, -0.15) is 5.10 Å². The van der Waals surface area contributed by atoms with Gasteiger partial charge in [0.2, 0.25) is 5.91 Å². The third kappa shape index (κ3) is 1.82. The van der Waals surface area contributed by atoms with Gasteiger partial charge in [0.15, 0.2) is 5.13 Å². The van der Waals surface area contributed by atoms with E-state index in [1.165, 1.54) is 23.8 Å². The second-order valence-corrected chi connectivity index (χ2v) is 5.47. The van der Waals surface area contributed by atoms with Crippen molar-refractivity contribution in [3.05, 3.63) is 17.5 Å². The van der Waals surface area contributed by atoms with E-state index in [2.05, 4.69) is 15.4 Å². The van der Waals surface area contributed by atoms with Gasteiger partial charge >= 0.3 is 0 Å². The van der Waals surface area contributed by atoms with Crippen LogP contribution in [-0.4, -0.2) is 20.7 Å². The molecule has 0 bridgehead atoms. The Labute approximate surface area is 109 Å². The smallest absolute Gasteiger partial charge is 0.223 e. The quantitative estimate of drug-likeness (QED) is 0.855. The summed E-state index contributed by atoms with van der Waals surface area (Å²) in [7, 11) is 1.95. The molecule has 0 saturated carbocycles. The lowest BCUT2D eigenvalue weighted by Crippen LogP contribution is -2.05. The van der Waals surface area contributed by atoms with Crippen LogP contribution in [0.1, 0.15) is 24.6 Å². The number of carbonyl (C=O) groups is 1. The Morgan fingerprint density at radius 3 is 3.11 bits per heavy atom. The number of aryl methyl sites for hydroxylation is 3. The van der Waals surface area contributed by atoms with Crippen LogP contribution in [0.25, 0.3) is 10.6 Å². The molecule has 0 saturated heterocycles. The van der Waals surface area contributed by atoms with Gasteiger partial charge in [-0.05, 0) is 24.8 Å². The second-order valence-electron chi connectivity index (χ2n) is 4.47. The van der Waals surface area contributed by atoms with E-state index in [1.54, 1.807) is 0 Å². The Morgan fingerprint density at radius 2 is 2.33 bits per heavy atom. The van der Waals surface area contributed by atoms with E-state index >= 15 is 0 Å². The van der Waals surface area contributed by atoms with E-state index in [1.807, 2.05) is 17.9 Å². The number of anilines is 1. The Bertz CT molecular complexity index is 614. The lowest BCUT2D eigenvalue weighted by Gasteiger charge is -2.00. The van der Waals surface area contributed by atoms with Crippen LogP contribution >= 0.6 is 11.3 Å². The molecule has 1 amide bonds. The average molecular weight is 262 g/mol. The summed E-state index contributed by atoms with van der Waals surface area (Å²) >= 11 is 1.53. The van der Waals surface area contributed by atoms with E-state index in [0.29, 0.717) is 5.13 Å². The molecule has 6 heteroatoms. The van der Waals surface area contributed by atoms with E-state index < -0.39 is 0 Å². The average Bonchev–Trinajstić information content (AvgIpc) is 2.78. The first-order valence-corrected chi connectivity index (χ1v) is 6.75. The zero-order chi connectivity index (χ0) is 12.7. The minimum absolute atomic E-state index is 0.0795. The highest BCUT2D eigenvalue weighted by molar-refractivity contribution is 7.19. The van der Waals surface area contributed by atoms with Crippen molar-refractivity contribution in [1.82, 2.24) is 14.8 Å². The van der Waals surface area contributed by atoms with Crippen molar-refractivity contribution in [2.24, 2.45) is 7.05 Å². The highest BCUT2D eigenvalue weighted by Crippen LogP contribution is 2.38. The first-order chi connectivity index (χ1) is 8.65. The predicted octanol–water partition coefficient (Wildman–Crippen LogP) is 1.99. The number of rotatable bonds is 1. The van der Waals surface area contributed by atoms with Crippen LogP contribution < -0.4 is 5.32 Å². The van der Waals surface area contributed by atoms with Crippen molar-refractivity contribution in [2.45, 2.75) is 26.2 Å². The molecular weight excluding hydrogens is 248 g/mol. The van der Waals surface area contributed by atoms with Gasteiger partial charge in [-0.1, -0.05) is 11.3 Å². The molecule has 2 aromatic heterocycles. The third-order valence-electron chi connectivity index (χ3n) is 3.07. The molecular formula is C12H14N4OS. The first kappa shape index (κ1) is 11.4. The molecule has 18 heavy (non-hydrogen) atoms. The van der Waals surface area contributed by atoms with Crippen molar-refractivity contribution < 1.29 is 4.79 Å². The molecule has 0 unspecified atom stereocenters. The number of carbonyl (C=O) groups excluding carboxylic acids is 1. The van der Waals surface area contributed by atoms with Crippen molar-refractivity contribution in [3.8, 4) is 10.6 Å². The van der Waals surface area contributed by atoms with Crippen LogP contribution in [0.3, 0.4) is 0 Å². The molecule has 0 spiro atoms. The largest absolute Gasteiger partial charge is 0.302 e. The maximum atomic E-state index is 11.1. The van der Waals surface area contributed by atoms with Crippen molar-refractivity contribution in [3.63, 3.8) is 0 Å². The molecule has 1 aliphatic carbocycles. The number of fused-ring (bicyclic) bond motifs is 3. The molecule has 0 fully saturated rings. The summed E-state index contributed by atoms with van der Waals surface area (Å²) < 4.78 is 1.90. The highest BCUT2D eigenvalue weighted by atomic mass is 32.1. The summed E-state index contributed by atoms with van der Waals surface area (Å²) in [4.78, 5) is 16.8. The zero-order valence-corrected chi connectivity index (χ0v) is 11.2. The maximum absolute atomic E-state index is 11.1. The summed E-state index contributed by atoms with van der Waals surface area (Å²) in [5, 5.41) is 7.76. The molecule has 94 valence electrons. The molecule has 1 N–H and O–H groups in total. The summed E-state index contributed by atoms with van der Waals surface area (Å²) in [5.74, 6) is -0.0795. The van der Waals surface area contributed by atoms with Crippen molar-refractivity contribution in [2.75, 3.05) is 5.32 Å². The summed E-state index contributed by atoms with van der Waals surface area (Å²) in [6.45, 7) is 1.50. The Morgan fingerprint density at radius 1 is 1.50 bits per heavy atom.